The monoisotopic (exact) mass is 364 g/mol. The number of aromatic nitrogens is 2. The third-order valence-electron chi connectivity index (χ3n) is 4.38. The van der Waals surface area contributed by atoms with Crippen LogP contribution in [0.2, 0.25) is 0 Å². The molecule has 1 aliphatic carbocycles. The quantitative estimate of drug-likeness (QED) is 0.668. The number of pyridine rings is 1. The first-order valence-corrected chi connectivity index (χ1v) is 8.89. The van der Waals surface area contributed by atoms with Gasteiger partial charge in [-0.3, -0.25) is 9.78 Å². The molecule has 3 aromatic rings. The Balaban J connectivity index is 1.51. The average Bonchev–Trinajstić information content (AvgIpc) is 3.10. The summed E-state index contributed by atoms with van der Waals surface area (Å²) in [5.74, 6) is 0.856. The highest BCUT2D eigenvalue weighted by molar-refractivity contribution is 5.92. The second kappa shape index (κ2) is 7.49. The minimum absolute atomic E-state index is 0.264. The molecule has 1 aliphatic rings. The second-order valence-corrected chi connectivity index (χ2v) is 6.33. The number of benzene rings is 1. The van der Waals surface area contributed by atoms with Crippen LogP contribution in [0.5, 0.6) is 11.5 Å². The van der Waals surface area contributed by atoms with E-state index < -0.39 is 0 Å². The van der Waals surface area contributed by atoms with Crippen molar-refractivity contribution in [2.75, 3.05) is 12.4 Å². The van der Waals surface area contributed by atoms with Crippen molar-refractivity contribution < 1.29 is 13.9 Å². The molecule has 0 radical (unpaired) electrons. The Morgan fingerprint density at radius 1 is 1.22 bits per heavy atom. The van der Waals surface area contributed by atoms with E-state index in [1.54, 1.807) is 25.2 Å². The molecule has 2 heterocycles. The van der Waals surface area contributed by atoms with Crippen LogP contribution < -0.4 is 15.4 Å². The van der Waals surface area contributed by atoms with Crippen LogP contribution in [0.4, 0.5) is 6.01 Å². The van der Waals surface area contributed by atoms with E-state index in [2.05, 4.69) is 32.8 Å². The van der Waals surface area contributed by atoms with Gasteiger partial charge >= 0.3 is 0 Å². The number of carbonyl (C=O) groups excluding carboxylic acids is 1. The molecule has 7 nitrogen and oxygen atoms in total. The largest absolute Gasteiger partial charge is 0.457 e. The zero-order valence-electron chi connectivity index (χ0n) is 14.9. The Hall–Kier alpha value is -3.35. The predicted octanol–water partition coefficient (Wildman–Crippen LogP) is 3.90. The van der Waals surface area contributed by atoms with Crippen LogP contribution in [-0.4, -0.2) is 29.0 Å². The molecule has 2 aromatic heterocycles. The third kappa shape index (κ3) is 3.92. The number of allylic oxidation sites excluding steroid dienone is 1. The standard InChI is InChI=1S/C20H20N4O3/c1-21-19(25)17-11-15(9-10-22-17)26-14-7-8-16-18(12-14)27-20(24-16)23-13-5-3-2-4-6-13/h2-3,7-13H,4-6H2,1H3,(H,21,25)(H,23,24). The molecule has 4 rings (SSSR count). The van der Waals surface area contributed by atoms with Crippen molar-refractivity contribution in [2.24, 2.45) is 0 Å². The smallest absolute Gasteiger partial charge is 0.295 e. The minimum atomic E-state index is -0.264. The average molecular weight is 364 g/mol. The Labute approximate surface area is 156 Å². The zero-order valence-corrected chi connectivity index (χ0v) is 14.9. The van der Waals surface area contributed by atoms with Gasteiger partial charge in [0.1, 0.15) is 22.7 Å². The van der Waals surface area contributed by atoms with Gasteiger partial charge in [-0.1, -0.05) is 12.2 Å². The number of anilines is 1. The first-order valence-electron chi connectivity index (χ1n) is 8.89. The number of nitrogens with zero attached hydrogens (tertiary/aromatic N) is 2. The molecular formula is C20H20N4O3. The van der Waals surface area contributed by atoms with E-state index >= 15 is 0 Å². The molecule has 0 bridgehead atoms. The van der Waals surface area contributed by atoms with E-state index in [4.69, 9.17) is 9.15 Å². The number of hydrogen-bond donors (Lipinski definition) is 2. The van der Waals surface area contributed by atoms with Gasteiger partial charge in [0.15, 0.2) is 5.58 Å². The number of nitrogens with one attached hydrogen (secondary N) is 2. The number of amides is 1. The Bertz CT molecular complexity index is 996. The molecule has 27 heavy (non-hydrogen) atoms. The highest BCUT2D eigenvalue weighted by Crippen LogP contribution is 2.28. The molecule has 1 atom stereocenters. The van der Waals surface area contributed by atoms with Gasteiger partial charge in [-0.2, -0.15) is 4.98 Å². The van der Waals surface area contributed by atoms with E-state index in [1.807, 2.05) is 12.1 Å². The molecule has 1 amide bonds. The molecule has 1 aromatic carbocycles. The molecule has 0 saturated heterocycles. The summed E-state index contributed by atoms with van der Waals surface area (Å²) in [5, 5.41) is 5.88. The van der Waals surface area contributed by atoms with Gasteiger partial charge in [0.05, 0.1) is 0 Å². The van der Waals surface area contributed by atoms with Gasteiger partial charge in [-0.05, 0) is 37.5 Å². The van der Waals surface area contributed by atoms with Crippen molar-refractivity contribution in [3.63, 3.8) is 0 Å². The van der Waals surface area contributed by atoms with Crippen LogP contribution in [0.1, 0.15) is 29.8 Å². The number of ether oxygens (including phenoxy) is 1. The van der Waals surface area contributed by atoms with Crippen LogP contribution in [0.15, 0.2) is 53.1 Å². The summed E-state index contributed by atoms with van der Waals surface area (Å²) in [6.07, 6.45) is 9.02. The molecule has 138 valence electrons. The number of hydrogen-bond acceptors (Lipinski definition) is 6. The highest BCUT2D eigenvalue weighted by atomic mass is 16.5. The summed E-state index contributed by atoms with van der Waals surface area (Å²) < 4.78 is 11.7. The number of rotatable bonds is 5. The van der Waals surface area contributed by atoms with Gasteiger partial charge < -0.3 is 19.8 Å². The Morgan fingerprint density at radius 3 is 2.93 bits per heavy atom. The fourth-order valence-corrected chi connectivity index (χ4v) is 2.99. The van der Waals surface area contributed by atoms with Crippen molar-refractivity contribution in [1.29, 1.82) is 0 Å². The van der Waals surface area contributed by atoms with Crippen molar-refractivity contribution in [1.82, 2.24) is 15.3 Å². The summed E-state index contributed by atoms with van der Waals surface area (Å²) in [4.78, 5) is 20.2. The van der Waals surface area contributed by atoms with Crippen LogP contribution in [-0.2, 0) is 0 Å². The number of oxazole rings is 1. The topological polar surface area (TPSA) is 89.3 Å². The molecular weight excluding hydrogens is 344 g/mol. The third-order valence-corrected chi connectivity index (χ3v) is 4.38. The maximum atomic E-state index is 11.7. The Morgan fingerprint density at radius 2 is 2.11 bits per heavy atom. The van der Waals surface area contributed by atoms with E-state index in [0.29, 0.717) is 34.8 Å². The van der Waals surface area contributed by atoms with Crippen molar-refractivity contribution in [3.05, 3.63) is 54.4 Å². The summed E-state index contributed by atoms with van der Waals surface area (Å²) in [6.45, 7) is 0. The molecule has 0 saturated carbocycles. The normalized spacial score (nSPS) is 16.3. The number of carbonyl (C=O) groups is 1. The lowest BCUT2D eigenvalue weighted by molar-refractivity contribution is 0.0958. The summed E-state index contributed by atoms with van der Waals surface area (Å²) in [5.41, 5.74) is 1.70. The number of fused-ring (bicyclic) bond motifs is 1. The molecule has 0 spiro atoms. The first kappa shape index (κ1) is 17.1. The van der Waals surface area contributed by atoms with Gasteiger partial charge in [0.25, 0.3) is 11.9 Å². The lowest BCUT2D eigenvalue weighted by Crippen LogP contribution is -2.20. The van der Waals surface area contributed by atoms with Crippen LogP contribution in [0, 0.1) is 0 Å². The van der Waals surface area contributed by atoms with Crippen LogP contribution in [0.25, 0.3) is 11.1 Å². The van der Waals surface area contributed by atoms with Crippen molar-refractivity contribution in [3.8, 4) is 11.5 Å². The van der Waals surface area contributed by atoms with Gasteiger partial charge in [0.2, 0.25) is 0 Å². The molecule has 2 N–H and O–H groups in total. The Kier molecular flexibility index (Phi) is 4.74. The van der Waals surface area contributed by atoms with E-state index in [1.165, 1.54) is 6.20 Å². The van der Waals surface area contributed by atoms with E-state index in [9.17, 15) is 4.79 Å². The highest BCUT2D eigenvalue weighted by Gasteiger charge is 2.14. The van der Waals surface area contributed by atoms with Crippen molar-refractivity contribution in [2.45, 2.75) is 25.3 Å². The summed E-state index contributed by atoms with van der Waals surface area (Å²) in [7, 11) is 1.56. The molecule has 7 heteroatoms. The zero-order chi connectivity index (χ0) is 18.6. The summed E-state index contributed by atoms with van der Waals surface area (Å²) >= 11 is 0. The van der Waals surface area contributed by atoms with Crippen molar-refractivity contribution >= 4 is 23.0 Å². The SMILES string of the molecule is CNC(=O)c1cc(Oc2ccc3nc(NC4CC=CCC4)oc3c2)ccn1. The predicted molar refractivity (Wildman–Crippen MR) is 102 cm³/mol. The van der Waals surface area contributed by atoms with Crippen LogP contribution >= 0.6 is 0 Å². The van der Waals surface area contributed by atoms with E-state index in [-0.39, 0.29) is 5.91 Å². The maximum Gasteiger partial charge on any atom is 0.295 e. The fourth-order valence-electron chi connectivity index (χ4n) is 2.99. The lowest BCUT2D eigenvalue weighted by atomic mass is 10.0. The summed E-state index contributed by atoms with van der Waals surface area (Å²) in [6, 6.07) is 9.60. The molecule has 0 aliphatic heterocycles. The van der Waals surface area contributed by atoms with Gasteiger partial charge in [-0.15, -0.1) is 0 Å². The first-order chi connectivity index (χ1) is 13.2. The van der Waals surface area contributed by atoms with Gasteiger partial charge in [0, 0.05) is 31.4 Å². The fraction of sp³-hybridized carbons (Fsp3) is 0.250. The molecule has 0 fully saturated rings. The van der Waals surface area contributed by atoms with Crippen LogP contribution in [0.3, 0.4) is 0 Å². The minimum Gasteiger partial charge on any atom is -0.457 e. The van der Waals surface area contributed by atoms with E-state index in [0.717, 1.165) is 24.8 Å². The van der Waals surface area contributed by atoms with Gasteiger partial charge in [-0.25, -0.2) is 0 Å². The lowest BCUT2D eigenvalue weighted by Gasteiger charge is -2.17. The molecule has 1 unspecified atom stereocenters. The maximum absolute atomic E-state index is 11.7. The second-order valence-electron chi connectivity index (χ2n) is 6.33.